The van der Waals surface area contributed by atoms with Gasteiger partial charge in [0.05, 0.1) is 12.6 Å². The standard InChI is InChI=1S/C30H32N2O6S/c1-30(2,3)38-28(35)31-15-14-19(16-31)32(17-20-12-13-26(39-20)27(33)34)29(36)37-18-25-23-10-6-4-8-21(23)22-9-5-7-11-24(22)25/h4-13,19,25H,14-18H2,1-3H3,(H,33,34)/t19-/m0/s1. The Morgan fingerprint density at radius 1 is 1.00 bits per heavy atom. The van der Waals surface area contributed by atoms with Crippen molar-refractivity contribution in [3.63, 3.8) is 0 Å². The number of carbonyl (C=O) groups is 3. The van der Waals surface area contributed by atoms with Crippen LogP contribution in [0.15, 0.2) is 60.7 Å². The van der Waals surface area contributed by atoms with Crippen molar-refractivity contribution < 1.29 is 29.0 Å². The molecule has 1 aliphatic heterocycles. The van der Waals surface area contributed by atoms with Crippen molar-refractivity contribution in [3.8, 4) is 11.1 Å². The SMILES string of the molecule is CC(C)(C)OC(=O)N1CC[C@H](N(Cc2ccc(C(=O)O)s2)C(=O)OCC2c3ccccc3-c3ccccc32)C1. The summed E-state index contributed by atoms with van der Waals surface area (Å²) in [6.45, 7) is 6.60. The molecule has 2 heterocycles. The lowest BCUT2D eigenvalue weighted by molar-refractivity contribution is 0.0272. The second kappa shape index (κ2) is 10.7. The molecule has 0 radical (unpaired) electrons. The number of thiophene rings is 1. The minimum atomic E-state index is -1.00. The van der Waals surface area contributed by atoms with Crippen LogP contribution in [0.25, 0.3) is 11.1 Å². The van der Waals surface area contributed by atoms with E-state index in [2.05, 4.69) is 24.3 Å². The zero-order chi connectivity index (χ0) is 27.7. The van der Waals surface area contributed by atoms with Crippen LogP contribution in [-0.4, -0.2) is 64.4 Å². The number of carboxylic acid groups (broad SMARTS) is 1. The van der Waals surface area contributed by atoms with Gasteiger partial charge in [0.25, 0.3) is 0 Å². The van der Waals surface area contributed by atoms with E-state index in [9.17, 15) is 19.5 Å². The third-order valence-electron chi connectivity index (χ3n) is 7.03. The van der Waals surface area contributed by atoms with E-state index in [1.165, 1.54) is 0 Å². The van der Waals surface area contributed by atoms with Gasteiger partial charge in [-0.25, -0.2) is 14.4 Å². The molecule has 204 valence electrons. The van der Waals surface area contributed by atoms with E-state index in [4.69, 9.17) is 9.47 Å². The van der Waals surface area contributed by atoms with Crippen molar-refractivity contribution in [2.24, 2.45) is 0 Å². The Kier molecular flexibility index (Phi) is 7.36. The highest BCUT2D eigenvalue weighted by Gasteiger charge is 2.37. The van der Waals surface area contributed by atoms with Crippen LogP contribution in [0.5, 0.6) is 0 Å². The zero-order valence-electron chi connectivity index (χ0n) is 22.3. The number of carboxylic acids is 1. The normalized spacial score (nSPS) is 16.5. The van der Waals surface area contributed by atoms with Crippen molar-refractivity contribution in [1.82, 2.24) is 9.80 Å². The maximum atomic E-state index is 13.6. The maximum absolute atomic E-state index is 13.6. The molecule has 2 amide bonds. The number of carbonyl (C=O) groups excluding carboxylic acids is 2. The number of fused-ring (bicyclic) bond motifs is 3. The number of hydrogen-bond donors (Lipinski definition) is 1. The van der Waals surface area contributed by atoms with Gasteiger partial charge in [0, 0.05) is 23.9 Å². The molecule has 1 fully saturated rings. The minimum Gasteiger partial charge on any atom is -0.477 e. The molecule has 0 spiro atoms. The molecule has 39 heavy (non-hydrogen) atoms. The third-order valence-corrected chi connectivity index (χ3v) is 8.08. The molecule has 2 aromatic carbocycles. The van der Waals surface area contributed by atoms with Crippen molar-refractivity contribution in [3.05, 3.63) is 81.5 Å². The highest BCUT2D eigenvalue weighted by Crippen LogP contribution is 2.44. The molecule has 1 aliphatic carbocycles. The predicted octanol–water partition coefficient (Wildman–Crippen LogP) is 6.21. The van der Waals surface area contributed by atoms with Crippen LogP contribution in [0.1, 0.15) is 58.8 Å². The Morgan fingerprint density at radius 3 is 2.23 bits per heavy atom. The molecule has 0 saturated carbocycles. The van der Waals surface area contributed by atoms with Crippen molar-refractivity contribution >= 4 is 29.5 Å². The van der Waals surface area contributed by atoms with Gasteiger partial charge in [-0.05, 0) is 61.6 Å². The maximum Gasteiger partial charge on any atom is 0.410 e. The van der Waals surface area contributed by atoms with Gasteiger partial charge < -0.3 is 19.5 Å². The molecule has 8 nitrogen and oxygen atoms in total. The molecule has 0 unspecified atom stereocenters. The number of hydrogen-bond acceptors (Lipinski definition) is 6. The number of likely N-dealkylation sites (tertiary alicyclic amines) is 1. The second-order valence-corrected chi connectivity index (χ2v) is 12.0. The number of amides is 2. The largest absolute Gasteiger partial charge is 0.477 e. The van der Waals surface area contributed by atoms with Gasteiger partial charge >= 0.3 is 18.2 Å². The molecule has 0 bridgehead atoms. The van der Waals surface area contributed by atoms with Gasteiger partial charge in [0.1, 0.15) is 17.1 Å². The van der Waals surface area contributed by atoms with E-state index in [1.807, 2.05) is 45.0 Å². The van der Waals surface area contributed by atoms with Crippen LogP contribution in [0.2, 0.25) is 0 Å². The molecular weight excluding hydrogens is 516 g/mol. The van der Waals surface area contributed by atoms with Crippen molar-refractivity contribution in [2.75, 3.05) is 19.7 Å². The Hall–Kier alpha value is -3.85. The van der Waals surface area contributed by atoms with Crippen molar-refractivity contribution in [1.29, 1.82) is 0 Å². The molecule has 1 saturated heterocycles. The van der Waals surface area contributed by atoms with E-state index in [0.717, 1.165) is 38.5 Å². The molecule has 9 heteroatoms. The first-order valence-corrected chi connectivity index (χ1v) is 13.8. The number of aromatic carboxylic acids is 1. The van der Waals surface area contributed by atoms with Gasteiger partial charge in [-0.1, -0.05) is 48.5 Å². The first kappa shape index (κ1) is 26.7. The van der Waals surface area contributed by atoms with E-state index in [-0.39, 0.29) is 30.0 Å². The first-order chi connectivity index (χ1) is 18.6. The molecular formula is C30H32N2O6S. The number of benzene rings is 2. The number of nitrogens with zero attached hydrogens (tertiary/aromatic N) is 2. The second-order valence-electron chi connectivity index (χ2n) is 10.9. The van der Waals surface area contributed by atoms with Crippen LogP contribution in [0, 0.1) is 0 Å². The Labute approximate surface area is 231 Å². The number of ether oxygens (including phenoxy) is 2. The zero-order valence-corrected chi connectivity index (χ0v) is 23.1. The lowest BCUT2D eigenvalue weighted by atomic mass is 9.98. The summed E-state index contributed by atoms with van der Waals surface area (Å²) in [5, 5.41) is 9.35. The van der Waals surface area contributed by atoms with Crippen LogP contribution in [-0.2, 0) is 16.0 Å². The molecule has 2 aliphatic rings. The molecule has 1 atom stereocenters. The van der Waals surface area contributed by atoms with Crippen LogP contribution in [0.3, 0.4) is 0 Å². The monoisotopic (exact) mass is 548 g/mol. The fourth-order valence-electron chi connectivity index (χ4n) is 5.25. The smallest absolute Gasteiger partial charge is 0.410 e. The summed E-state index contributed by atoms with van der Waals surface area (Å²) in [6, 6.07) is 19.3. The van der Waals surface area contributed by atoms with E-state index in [0.29, 0.717) is 19.5 Å². The van der Waals surface area contributed by atoms with Gasteiger partial charge in [0.15, 0.2) is 0 Å². The summed E-state index contributed by atoms with van der Waals surface area (Å²) in [4.78, 5) is 41.9. The summed E-state index contributed by atoms with van der Waals surface area (Å²) < 4.78 is 11.5. The van der Waals surface area contributed by atoms with Crippen molar-refractivity contribution in [2.45, 2.75) is 51.3 Å². The fourth-order valence-corrected chi connectivity index (χ4v) is 6.10. The quantitative estimate of drug-likeness (QED) is 0.394. The topological polar surface area (TPSA) is 96.4 Å². The molecule has 1 aromatic heterocycles. The third kappa shape index (κ3) is 5.78. The van der Waals surface area contributed by atoms with Gasteiger partial charge in [-0.3, -0.25) is 4.90 Å². The molecule has 3 aromatic rings. The highest BCUT2D eigenvalue weighted by atomic mass is 32.1. The van der Waals surface area contributed by atoms with E-state index >= 15 is 0 Å². The number of rotatable bonds is 6. The minimum absolute atomic E-state index is 0.0783. The summed E-state index contributed by atoms with van der Waals surface area (Å²) in [6.07, 6.45) is -0.333. The van der Waals surface area contributed by atoms with Gasteiger partial charge in [-0.2, -0.15) is 0 Å². The Bertz CT molecular complexity index is 1350. The Balaban J connectivity index is 1.34. The Morgan fingerprint density at radius 2 is 1.64 bits per heavy atom. The lowest BCUT2D eigenvalue weighted by Gasteiger charge is -2.29. The van der Waals surface area contributed by atoms with E-state index in [1.54, 1.807) is 21.9 Å². The predicted molar refractivity (Wildman–Crippen MR) is 148 cm³/mol. The summed E-state index contributed by atoms with van der Waals surface area (Å²) >= 11 is 1.13. The van der Waals surface area contributed by atoms with Crippen LogP contribution < -0.4 is 0 Å². The summed E-state index contributed by atoms with van der Waals surface area (Å²) in [7, 11) is 0. The average Bonchev–Trinajstić information content (AvgIpc) is 3.63. The molecule has 5 rings (SSSR count). The fraction of sp³-hybridized carbons (Fsp3) is 0.367. The average molecular weight is 549 g/mol. The summed E-state index contributed by atoms with van der Waals surface area (Å²) in [5.41, 5.74) is 3.93. The van der Waals surface area contributed by atoms with E-state index < -0.39 is 23.8 Å². The molecule has 1 N–H and O–H groups in total. The first-order valence-electron chi connectivity index (χ1n) is 13.0. The summed E-state index contributed by atoms with van der Waals surface area (Å²) in [5.74, 6) is -1.08. The highest BCUT2D eigenvalue weighted by molar-refractivity contribution is 7.13. The van der Waals surface area contributed by atoms with Gasteiger partial charge in [0.2, 0.25) is 0 Å². The van der Waals surface area contributed by atoms with Gasteiger partial charge in [-0.15, -0.1) is 11.3 Å². The van der Waals surface area contributed by atoms with Crippen LogP contribution in [0.4, 0.5) is 9.59 Å². The van der Waals surface area contributed by atoms with Crippen LogP contribution >= 0.6 is 11.3 Å². The lowest BCUT2D eigenvalue weighted by Crippen LogP contribution is -2.43.